The largest absolute Gasteiger partial charge is 0.508 e. The molecule has 0 radical (unpaired) electrons. The van der Waals surface area contributed by atoms with Gasteiger partial charge in [-0.1, -0.05) is 34.7 Å². The Bertz CT molecular complexity index is 719. The van der Waals surface area contributed by atoms with Gasteiger partial charge in [0.15, 0.2) is 3.55 Å². The van der Waals surface area contributed by atoms with Gasteiger partial charge in [0.05, 0.1) is 7.49 Å². The fourth-order valence-electron chi connectivity index (χ4n) is 1.76. The highest BCUT2D eigenvalue weighted by molar-refractivity contribution is 14.1. The molecule has 2 aromatic rings. The lowest BCUT2D eigenvalue weighted by Gasteiger charge is -2.24. The molecule has 0 aliphatic rings. The summed E-state index contributed by atoms with van der Waals surface area (Å²) in [6, 6.07) is 12.0. The van der Waals surface area contributed by atoms with Gasteiger partial charge in [-0.3, -0.25) is 0 Å². The van der Waals surface area contributed by atoms with E-state index in [-0.39, 0.29) is 9.67 Å². The zero-order chi connectivity index (χ0) is 17.2. The maximum atomic E-state index is 11.2. The molecule has 0 bridgehead atoms. The normalized spacial score (nSPS) is 14.8. The van der Waals surface area contributed by atoms with E-state index in [1.54, 1.807) is 65.1 Å². The predicted octanol–water partition coefficient (Wildman–Crippen LogP) is 4.44. The molecule has 5 nitrogen and oxygen atoms in total. The molecule has 0 spiro atoms. The van der Waals surface area contributed by atoms with E-state index in [0.717, 1.165) is 9.13 Å². The van der Waals surface area contributed by atoms with E-state index in [0.29, 0.717) is 11.5 Å². The molecule has 0 amide bonds. The monoisotopic (exact) mass is 651 g/mol. The van der Waals surface area contributed by atoms with Gasteiger partial charge in [-0.2, -0.15) is 0 Å². The minimum absolute atomic E-state index is 0.180. The highest BCUT2D eigenvalue weighted by Gasteiger charge is 2.39. The van der Waals surface area contributed by atoms with Crippen LogP contribution in [-0.2, 0) is 4.79 Å². The summed E-state index contributed by atoms with van der Waals surface area (Å²) >= 11 is 5.85. The molecule has 2 aromatic carbocycles. The molecule has 4 N–H and O–H groups in total. The zero-order valence-electron chi connectivity index (χ0n) is 11.5. The number of aromatic hydroxyl groups is 1. The van der Waals surface area contributed by atoms with Gasteiger partial charge in [-0.05, 0) is 81.1 Å². The first-order valence-corrected chi connectivity index (χ1v) is 9.73. The van der Waals surface area contributed by atoms with Crippen molar-refractivity contribution in [2.75, 3.05) is 0 Å². The van der Waals surface area contributed by atoms with Crippen molar-refractivity contribution in [1.82, 2.24) is 0 Å². The van der Waals surface area contributed by atoms with Crippen molar-refractivity contribution in [1.29, 1.82) is 0 Å². The van der Waals surface area contributed by atoms with Crippen LogP contribution in [0.2, 0.25) is 0 Å². The SMILES string of the molecule is N[C@@](I)(C(=O)O)[C@@H](I)c1ccc(Oc2ccc(O)cc2I)cc1. The maximum absolute atomic E-state index is 11.2. The zero-order valence-corrected chi connectivity index (χ0v) is 18.0. The molecule has 0 fully saturated rings. The van der Waals surface area contributed by atoms with Crippen LogP contribution < -0.4 is 10.5 Å². The van der Waals surface area contributed by atoms with Crippen molar-refractivity contribution in [3.05, 3.63) is 51.6 Å². The van der Waals surface area contributed by atoms with E-state index < -0.39 is 9.51 Å². The van der Waals surface area contributed by atoms with Gasteiger partial charge in [0.25, 0.3) is 0 Å². The Morgan fingerprint density at radius 1 is 1.22 bits per heavy atom. The number of carboxylic acid groups (broad SMARTS) is 1. The molecule has 0 aliphatic carbocycles. The molecule has 23 heavy (non-hydrogen) atoms. The topological polar surface area (TPSA) is 92.8 Å². The smallest absolute Gasteiger partial charge is 0.335 e. The van der Waals surface area contributed by atoms with Crippen molar-refractivity contribution in [3.8, 4) is 17.2 Å². The van der Waals surface area contributed by atoms with Crippen molar-refractivity contribution in [2.45, 2.75) is 7.47 Å². The van der Waals surface area contributed by atoms with E-state index in [4.69, 9.17) is 10.5 Å². The van der Waals surface area contributed by atoms with Crippen molar-refractivity contribution < 1.29 is 19.7 Å². The summed E-state index contributed by atoms with van der Waals surface area (Å²) in [6.45, 7) is 0. The maximum Gasteiger partial charge on any atom is 0.335 e. The molecule has 0 unspecified atom stereocenters. The molecule has 8 heteroatoms. The molecule has 0 aliphatic heterocycles. The number of halogens is 3. The van der Waals surface area contributed by atoms with Crippen LogP contribution in [0, 0.1) is 3.57 Å². The summed E-state index contributed by atoms with van der Waals surface area (Å²) < 4.78 is 4.78. The van der Waals surface area contributed by atoms with Crippen LogP contribution in [0.1, 0.15) is 9.49 Å². The van der Waals surface area contributed by atoms with Gasteiger partial charge in [0, 0.05) is 0 Å². The van der Waals surface area contributed by atoms with Crippen LogP contribution in [0.15, 0.2) is 42.5 Å². The van der Waals surface area contributed by atoms with Crippen molar-refractivity contribution in [2.24, 2.45) is 5.73 Å². The van der Waals surface area contributed by atoms with E-state index >= 15 is 0 Å². The number of phenols is 1. The first-order chi connectivity index (χ1) is 10.7. The molecular weight excluding hydrogens is 639 g/mol. The van der Waals surface area contributed by atoms with E-state index in [1.807, 2.05) is 22.6 Å². The number of carbonyl (C=O) groups is 1. The van der Waals surface area contributed by atoms with Crippen molar-refractivity contribution >= 4 is 73.7 Å². The molecule has 2 atom stereocenters. The standard InChI is InChI=1S/C15H12I3NO4/c16-11-7-9(20)3-6-12(11)23-10-4-1-8(2-5-10)13(17)15(18,19)14(21)22/h1-7,13,20H,19H2,(H,21,22)/t13-,15+/m0/s1. The number of nitrogens with two attached hydrogens (primary N) is 1. The fraction of sp³-hybridized carbons (Fsp3) is 0.133. The highest BCUT2D eigenvalue weighted by atomic mass is 127. The number of hydrogen-bond acceptors (Lipinski definition) is 4. The number of benzene rings is 2. The quantitative estimate of drug-likeness (QED) is 0.253. The van der Waals surface area contributed by atoms with E-state index in [9.17, 15) is 15.0 Å². The van der Waals surface area contributed by atoms with Crippen LogP contribution in [0.5, 0.6) is 17.2 Å². The summed E-state index contributed by atoms with van der Waals surface area (Å²) in [4.78, 5) is 11.2. The van der Waals surface area contributed by atoms with E-state index in [2.05, 4.69) is 22.6 Å². The fourth-order valence-corrected chi connectivity index (χ4v) is 3.41. The lowest BCUT2D eigenvalue weighted by atomic mass is 10.1. The molecule has 0 aromatic heterocycles. The number of rotatable bonds is 5. The second-order valence-corrected chi connectivity index (χ2v) is 8.91. The Kier molecular flexibility index (Phi) is 6.35. The average Bonchev–Trinajstić information content (AvgIpc) is 2.50. The third-order valence-corrected chi connectivity index (χ3v) is 7.83. The minimum Gasteiger partial charge on any atom is -0.508 e. The molecule has 0 heterocycles. The summed E-state index contributed by atoms with van der Waals surface area (Å²) in [5.41, 5.74) is 6.66. The Balaban J connectivity index is 2.18. The number of phenolic OH excluding ortho intramolecular Hbond substituents is 1. The van der Waals surface area contributed by atoms with Crippen molar-refractivity contribution in [3.63, 3.8) is 0 Å². The summed E-state index contributed by atoms with van der Waals surface area (Å²) in [5, 5.41) is 18.6. The summed E-state index contributed by atoms with van der Waals surface area (Å²) in [7, 11) is 0. The molecule has 0 saturated carbocycles. The number of aliphatic carboxylic acids is 1. The van der Waals surface area contributed by atoms with Gasteiger partial charge >= 0.3 is 5.97 Å². The van der Waals surface area contributed by atoms with Crippen LogP contribution in [-0.4, -0.2) is 19.7 Å². The minimum atomic E-state index is -1.38. The van der Waals surface area contributed by atoms with Crippen LogP contribution in [0.4, 0.5) is 0 Å². The molecule has 0 saturated heterocycles. The lowest BCUT2D eigenvalue weighted by molar-refractivity contribution is -0.139. The summed E-state index contributed by atoms with van der Waals surface area (Å²) in [5.74, 6) is 0.374. The third-order valence-electron chi connectivity index (χ3n) is 3.01. The van der Waals surface area contributed by atoms with Gasteiger partial charge < -0.3 is 20.7 Å². The third kappa shape index (κ3) is 4.60. The average molecular weight is 651 g/mol. The molecule has 2 rings (SSSR count). The number of carboxylic acids is 1. The van der Waals surface area contributed by atoms with Crippen LogP contribution in [0.25, 0.3) is 0 Å². The van der Waals surface area contributed by atoms with Gasteiger partial charge in [0.2, 0.25) is 0 Å². The molecule has 122 valence electrons. The van der Waals surface area contributed by atoms with Gasteiger partial charge in [-0.15, -0.1) is 0 Å². The Morgan fingerprint density at radius 2 is 1.83 bits per heavy atom. The van der Waals surface area contributed by atoms with Gasteiger partial charge in [-0.25, -0.2) is 4.79 Å². The Morgan fingerprint density at radius 3 is 2.35 bits per heavy atom. The lowest BCUT2D eigenvalue weighted by Crippen LogP contribution is -2.44. The van der Waals surface area contributed by atoms with Gasteiger partial charge in [0.1, 0.15) is 17.2 Å². The summed E-state index contributed by atoms with van der Waals surface area (Å²) in [6.07, 6.45) is 0. The Labute approximate surface area is 174 Å². The van der Waals surface area contributed by atoms with Crippen LogP contribution >= 0.6 is 67.8 Å². The first-order valence-electron chi connectivity index (χ1n) is 6.33. The second-order valence-electron chi connectivity index (χ2n) is 4.72. The number of hydrogen-bond donors (Lipinski definition) is 3. The predicted molar refractivity (Wildman–Crippen MR) is 113 cm³/mol. The van der Waals surface area contributed by atoms with E-state index in [1.165, 1.54) is 0 Å². The number of alkyl halides is 2. The first kappa shape index (κ1) is 19.0. The van der Waals surface area contributed by atoms with Crippen LogP contribution in [0.3, 0.4) is 0 Å². The number of ether oxygens (including phenoxy) is 1. The molecular formula is C15H12I3NO4. The second kappa shape index (κ2) is 7.70. The highest BCUT2D eigenvalue weighted by Crippen LogP contribution is 2.39. The Hall–Kier alpha value is -0.340.